The highest BCUT2D eigenvalue weighted by Gasteiger charge is 2.38. The third-order valence-corrected chi connectivity index (χ3v) is 5.76. The first-order valence-corrected chi connectivity index (χ1v) is 10.1. The Labute approximate surface area is 166 Å². The van der Waals surface area contributed by atoms with Crippen LogP contribution in [0.25, 0.3) is 17.0 Å². The van der Waals surface area contributed by atoms with E-state index in [1.807, 2.05) is 48.5 Å². The Morgan fingerprint density at radius 3 is 2.57 bits per heavy atom. The summed E-state index contributed by atoms with van der Waals surface area (Å²) in [4.78, 5) is 17.8. The SMILES string of the molecule is O=C(Nc1cnc2ccccc2c1)C1(CC=Cc2ccccc2)CCCCC1. The molecular formula is C25H26N2O. The van der Waals surface area contributed by atoms with E-state index in [1.54, 1.807) is 6.20 Å². The van der Waals surface area contributed by atoms with Crippen LogP contribution in [-0.4, -0.2) is 10.9 Å². The van der Waals surface area contributed by atoms with Crippen LogP contribution in [0.5, 0.6) is 0 Å². The van der Waals surface area contributed by atoms with Crippen molar-refractivity contribution >= 4 is 28.6 Å². The van der Waals surface area contributed by atoms with Crippen molar-refractivity contribution in [2.24, 2.45) is 5.41 Å². The third kappa shape index (κ3) is 4.14. The van der Waals surface area contributed by atoms with Crippen molar-refractivity contribution < 1.29 is 4.79 Å². The van der Waals surface area contributed by atoms with Crippen molar-refractivity contribution in [3.63, 3.8) is 0 Å². The number of benzene rings is 2. The van der Waals surface area contributed by atoms with Crippen LogP contribution < -0.4 is 5.32 Å². The highest BCUT2D eigenvalue weighted by Crippen LogP contribution is 2.41. The van der Waals surface area contributed by atoms with Gasteiger partial charge in [-0.1, -0.05) is 79.9 Å². The molecule has 142 valence electrons. The Morgan fingerprint density at radius 1 is 1.00 bits per heavy atom. The summed E-state index contributed by atoms with van der Waals surface area (Å²) in [5.41, 5.74) is 2.57. The van der Waals surface area contributed by atoms with Gasteiger partial charge in [0.1, 0.15) is 0 Å². The monoisotopic (exact) mass is 370 g/mol. The average molecular weight is 370 g/mol. The Kier molecular flexibility index (Phi) is 5.52. The maximum atomic E-state index is 13.3. The number of amides is 1. The topological polar surface area (TPSA) is 42.0 Å². The quantitative estimate of drug-likeness (QED) is 0.578. The van der Waals surface area contributed by atoms with Crippen LogP contribution in [-0.2, 0) is 4.79 Å². The second kappa shape index (κ2) is 8.39. The van der Waals surface area contributed by atoms with Gasteiger partial charge in [0.25, 0.3) is 0 Å². The highest BCUT2D eigenvalue weighted by molar-refractivity contribution is 5.97. The Morgan fingerprint density at radius 2 is 1.75 bits per heavy atom. The van der Waals surface area contributed by atoms with Crippen molar-refractivity contribution in [2.45, 2.75) is 38.5 Å². The van der Waals surface area contributed by atoms with E-state index in [9.17, 15) is 4.79 Å². The normalized spacial score (nSPS) is 16.3. The van der Waals surface area contributed by atoms with Crippen LogP contribution in [0.2, 0.25) is 0 Å². The van der Waals surface area contributed by atoms with Gasteiger partial charge in [-0.25, -0.2) is 0 Å². The minimum atomic E-state index is -0.324. The molecule has 3 nitrogen and oxygen atoms in total. The van der Waals surface area contributed by atoms with Crippen molar-refractivity contribution in [3.8, 4) is 0 Å². The zero-order valence-corrected chi connectivity index (χ0v) is 16.1. The van der Waals surface area contributed by atoms with Crippen LogP contribution in [0.3, 0.4) is 0 Å². The van der Waals surface area contributed by atoms with E-state index in [4.69, 9.17) is 0 Å². The largest absolute Gasteiger partial charge is 0.324 e. The van der Waals surface area contributed by atoms with E-state index in [1.165, 1.54) is 12.0 Å². The number of fused-ring (bicyclic) bond motifs is 1. The van der Waals surface area contributed by atoms with Gasteiger partial charge < -0.3 is 5.32 Å². The molecule has 0 radical (unpaired) electrons. The molecule has 1 aliphatic carbocycles. The maximum absolute atomic E-state index is 13.3. The molecule has 0 atom stereocenters. The summed E-state index contributed by atoms with van der Waals surface area (Å²) in [6.07, 6.45) is 12.2. The van der Waals surface area contributed by atoms with Gasteiger partial charge in [0.15, 0.2) is 0 Å². The minimum Gasteiger partial charge on any atom is -0.324 e. The van der Waals surface area contributed by atoms with Crippen LogP contribution in [0.15, 0.2) is 72.9 Å². The molecule has 2 aromatic carbocycles. The Bertz CT molecular complexity index is 972. The fourth-order valence-corrected chi connectivity index (χ4v) is 4.14. The van der Waals surface area contributed by atoms with Gasteiger partial charge in [-0.2, -0.15) is 0 Å². The molecule has 1 saturated carbocycles. The number of hydrogen-bond acceptors (Lipinski definition) is 2. The first-order chi connectivity index (χ1) is 13.8. The number of rotatable bonds is 5. The first kappa shape index (κ1) is 18.4. The van der Waals surface area contributed by atoms with Crippen molar-refractivity contribution in [1.29, 1.82) is 0 Å². The lowest BCUT2D eigenvalue weighted by Crippen LogP contribution is -2.37. The maximum Gasteiger partial charge on any atom is 0.230 e. The molecule has 1 heterocycles. The minimum absolute atomic E-state index is 0.127. The Hall–Kier alpha value is -2.94. The molecule has 4 rings (SSSR count). The molecule has 1 N–H and O–H groups in total. The van der Waals surface area contributed by atoms with Crippen LogP contribution >= 0.6 is 0 Å². The zero-order chi connectivity index (χ0) is 19.2. The molecule has 1 fully saturated rings. The lowest BCUT2D eigenvalue weighted by molar-refractivity contribution is -0.127. The Balaban J connectivity index is 1.52. The van der Waals surface area contributed by atoms with Gasteiger partial charge in [-0.05, 0) is 37.0 Å². The highest BCUT2D eigenvalue weighted by atomic mass is 16.2. The smallest absolute Gasteiger partial charge is 0.230 e. The van der Waals surface area contributed by atoms with Gasteiger partial charge in [-0.3, -0.25) is 9.78 Å². The molecule has 0 spiro atoms. The molecular weight excluding hydrogens is 344 g/mol. The lowest BCUT2D eigenvalue weighted by Gasteiger charge is -2.35. The molecule has 0 bridgehead atoms. The van der Waals surface area contributed by atoms with E-state index >= 15 is 0 Å². The van der Waals surface area contributed by atoms with Gasteiger partial charge in [0.2, 0.25) is 5.91 Å². The number of carbonyl (C=O) groups is 1. The van der Waals surface area contributed by atoms with Crippen LogP contribution in [0.4, 0.5) is 5.69 Å². The van der Waals surface area contributed by atoms with Crippen LogP contribution in [0.1, 0.15) is 44.1 Å². The van der Waals surface area contributed by atoms with E-state index in [0.29, 0.717) is 0 Å². The summed E-state index contributed by atoms with van der Waals surface area (Å²) in [5, 5.41) is 4.20. The molecule has 1 aromatic heterocycles. The van der Waals surface area contributed by atoms with Gasteiger partial charge in [-0.15, -0.1) is 0 Å². The summed E-state index contributed by atoms with van der Waals surface area (Å²) in [6.45, 7) is 0. The van der Waals surface area contributed by atoms with E-state index in [-0.39, 0.29) is 11.3 Å². The number of carbonyl (C=O) groups excluding carboxylic acids is 1. The summed E-state index contributed by atoms with van der Waals surface area (Å²) >= 11 is 0. The third-order valence-electron chi connectivity index (χ3n) is 5.76. The fourth-order valence-electron chi connectivity index (χ4n) is 4.14. The van der Waals surface area contributed by atoms with Crippen molar-refractivity contribution in [2.75, 3.05) is 5.32 Å². The number of aromatic nitrogens is 1. The van der Waals surface area contributed by atoms with Gasteiger partial charge in [0, 0.05) is 5.39 Å². The number of allylic oxidation sites excluding steroid dienone is 1. The average Bonchev–Trinajstić information content (AvgIpc) is 2.75. The number of nitrogens with one attached hydrogen (secondary N) is 1. The molecule has 0 aliphatic heterocycles. The molecule has 3 aromatic rings. The standard InChI is InChI=1S/C25H26N2O/c28-24(27-22-18-21-13-5-6-14-23(21)26-19-22)25(15-7-2-8-16-25)17-9-12-20-10-3-1-4-11-20/h1,3-6,9-14,18-19H,2,7-8,15-17H2,(H,27,28). The van der Waals surface area contributed by atoms with E-state index < -0.39 is 0 Å². The predicted molar refractivity (Wildman–Crippen MR) is 116 cm³/mol. The van der Waals surface area contributed by atoms with E-state index in [0.717, 1.165) is 48.7 Å². The van der Waals surface area contributed by atoms with E-state index in [2.05, 4.69) is 34.6 Å². The number of pyridine rings is 1. The molecule has 1 aliphatic rings. The molecule has 28 heavy (non-hydrogen) atoms. The summed E-state index contributed by atoms with van der Waals surface area (Å²) in [6, 6.07) is 20.3. The summed E-state index contributed by atoms with van der Waals surface area (Å²) < 4.78 is 0. The lowest BCUT2D eigenvalue weighted by atomic mass is 9.71. The molecule has 0 unspecified atom stereocenters. The van der Waals surface area contributed by atoms with Crippen molar-refractivity contribution in [3.05, 3.63) is 78.5 Å². The number of anilines is 1. The summed E-state index contributed by atoms with van der Waals surface area (Å²) in [7, 11) is 0. The van der Waals surface area contributed by atoms with Crippen LogP contribution in [0, 0.1) is 5.41 Å². The molecule has 3 heteroatoms. The zero-order valence-electron chi connectivity index (χ0n) is 16.1. The number of hydrogen-bond donors (Lipinski definition) is 1. The van der Waals surface area contributed by atoms with Gasteiger partial charge >= 0.3 is 0 Å². The molecule has 0 saturated heterocycles. The van der Waals surface area contributed by atoms with Gasteiger partial charge in [0.05, 0.1) is 22.8 Å². The number of para-hydroxylation sites is 1. The molecule has 1 amide bonds. The second-order valence-corrected chi connectivity index (χ2v) is 7.73. The number of nitrogens with zero attached hydrogens (tertiary/aromatic N) is 1. The predicted octanol–water partition coefficient (Wildman–Crippen LogP) is 6.23. The first-order valence-electron chi connectivity index (χ1n) is 10.1. The summed E-state index contributed by atoms with van der Waals surface area (Å²) in [5.74, 6) is 0.127. The second-order valence-electron chi connectivity index (χ2n) is 7.73. The van der Waals surface area contributed by atoms with Crippen molar-refractivity contribution in [1.82, 2.24) is 4.98 Å². The fraction of sp³-hybridized carbons (Fsp3) is 0.280.